The molecule has 2 aromatic rings. The van der Waals surface area contributed by atoms with Crippen LogP contribution >= 0.6 is 0 Å². The van der Waals surface area contributed by atoms with Gasteiger partial charge in [-0.05, 0) is 12.1 Å². The SMILES string of the molecule is CN1CC(c2ccco2)Oc2cc(C(=O)O)oc21. The minimum absolute atomic E-state index is 0.132. The summed E-state index contributed by atoms with van der Waals surface area (Å²) >= 11 is 0. The molecule has 3 heterocycles. The van der Waals surface area contributed by atoms with Crippen LogP contribution in [0.15, 0.2) is 33.3 Å². The van der Waals surface area contributed by atoms with Gasteiger partial charge in [0.1, 0.15) is 5.76 Å². The number of likely N-dealkylation sites (N-methyl/N-ethyl adjacent to an activating group) is 1. The highest BCUT2D eigenvalue weighted by Gasteiger charge is 2.31. The molecule has 6 heteroatoms. The second kappa shape index (κ2) is 3.83. The van der Waals surface area contributed by atoms with Gasteiger partial charge < -0.3 is 23.6 Å². The Morgan fingerprint density at radius 3 is 3.06 bits per heavy atom. The zero-order valence-corrected chi connectivity index (χ0v) is 9.62. The topological polar surface area (TPSA) is 76.1 Å². The summed E-state index contributed by atoms with van der Waals surface area (Å²) in [7, 11) is 1.81. The zero-order chi connectivity index (χ0) is 12.7. The van der Waals surface area contributed by atoms with Crippen LogP contribution in [-0.4, -0.2) is 24.7 Å². The summed E-state index contributed by atoms with van der Waals surface area (Å²) in [5.41, 5.74) is 0. The Bertz CT molecular complexity index is 571. The highest BCUT2D eigenvalue weighted by Crippen LogP contribution is 2.39. The second-order valence-corrected chi connectivity index (χ2v) is 4.09. The molecule has 3 rings (SSSR count). The number of fused-ring (bicyclic) bond motifs is 1. The number of hydrogen-bond donors (Lipinski definition) is 1. The average Bonchev–Trinajstić information content (AvgIpc) is 2.97. The third kappa shape index (κ3) is 1.62. The number of hydrogen-bond acceptors (Lipinski definition) is 5. The standard InChI is InChI=1S/C12H11NO5/c1-13-6-10(7-3-2-4-16-7)17-8-5-9(12(14)15)18-11(8)13/h2-5,10H,6H2,1H3,(H,14,15). The van der Waals surface area contributed by atoms with Crippen LogP contribution in [0.2, 0.25) is 0 Å². The number of rotatable bonds is 2. The highest BCUT2D eigenvalue weighted by atomic mass is 16.5. The van der Waals surface area contributed by atoms with Crippen molar-refractivity contribution in [2.24, 2.45) is 0 Å². The fourth-order valence-corrected chi connectivity index (χ4v) is 1.97. The third-order valence-electron chi connectivity index (χ3n) is 2.81. The van der Waals surface area contributed by atoms with Gasteiger partial charge in [-0.2, -0.15) is 0 Å². The Hall–Kier alpha value is -2.37. The van der Waals surface area contributed by atoms with Gasteiger partial charge in [-0.25, -0.2) is 4.79 Å². The van der Waals surface area contributed by atoms with Gasteiger partial charge in [0.05, 0.1) is 12.8 Å². The Morgan fingerprint density at radius 2 is 2.39 bits per heavy atom. The van der Waals surface area contributed by atoms with Crippen LogP contribution in [0, 0.1) is 0 Å². The quantitative estimate of drug-likeness (QED) is 0.878. The first kappa shape index (κ1) is 10.8. The van der Waals surface area contributed by atoms with Crippen LogP contribution in [0.3, 0.4) is 0 Å². The van der Waals surface area contributed by atoms with Gasteiger partial charge in [-0.1, -0.05) is 0 Å². The number of carbonyl (C=O) groups is 1. The van der Waals surface area contributed by atoms with E-state index in [-0.39, 0.29) is 11.9 Å². The molecule has 0 spiro atoms. The minimum Gasteiger partial charge on any atom is -0.475 e. The van der Waals surface area contributed by atoms with E-state index in [1.54, 1.807) is 17.2 Å². The lowest BCUT2D eigenvalue weighted by atomic mass is 10.2. The first-order valence-electron chi connectivity index (χ1n) is 5.43. The molecule has 1 aliphatic heterocycles. The molecule has 1 N–H and O–H groups in total. The van der Waals surface area contributed by atoms with Crippen molar-refractivity contribution in [2.75, 3.05) is 18.5 Å². The Morgan fingerprint density at radius 1 is 1.56 bits per heavy atom. The average molecular weight is 249 g/mol. The zero-order valence-electron chi connectivity index (χ0n) is 9.62. The van der Waals surface area contributed by atoms with Crippen molar-refractivity contribution in [1.29, 1.82) is 0 Å². The maximum absolute atomic E-state index is 10.8. The molecule has 1 unspecified atom stereocenters. The minimum atomic E-state index is -1.11. The predicted octanol–water partition coefficient (Wildman–Crippen LogP) is 2.14. The lowest BCUT2D eigenvalue weighted by Crippen LogP contribution is -2.31. The largest absolute Gasteiger partial charge is 0.475 e. The molecule has 0 amide bonds. The molecule has 0 saturated carbocycles. The summed E-state index contributed by atoms with van der Waals surface area (Å²) < 4.78 is 16.2. The van der Waals surface area contributed by atoms with Crippen molar-refractivity contribution in [3.05, 3.63) is 36.0 Å². The van der Waals surface area contributed by atoms with Gasteiger partial charge in [-0.3, -0.25) is 0 Å². The van der Waals surface area contributed by atoms with Crippen LogP contribution in [-0.2, 0) is 0 Å². The van der Waals surface area contributed by atoms with E-state index in [1.807, 2.05) is 13.1 Å². The van der Waals surface area contributed by atoms with Crippen LogP contribution in [0.5, 0.6) is 5.75 Å². The number of aromatic carboxylic acids is 1. The normalized spacial score (nSPS) is 18.3. The van der Waals surface area contributed by atoms with Crippen molar-refractivity contribution < 1.29 is 23.5 Å². The van der Waals surface area contributed by atoms with Crippen molar-refractivity contribution in [1.82, 2.24) is 0 Å². The summed E-state index contributed by atoms with van der Waals surface area (Å²) in [6, 6.07) is 4.98. The van der Waals surface area contributed by atoms with Gasteiger partial charge in [-0.15, -0.1) is 0 Å². The van der Waals surface area contributed by atoms with E-state index < -0.39 is 5.97 Å². The maximum Gasteiger partial charge on any atom is 0.372 e. The van der Waals surface area contributed by atoms with E-state index in [0.717, 1.165) is 0 Å². The summed E-state index contributed by atoms with van der Waals surface area (Å²) in [6.07, 6.45) is 1.31. The van der Waals surface area contributed by atoms with E-state index in [9.17, 15) is 4.79 Å². The van der Waals surface area contributed by atoms with Gasteiger partial charge in [0.15, 0.2) is 11.9 Å². The highest BCUT2D eigenvalue weighted by molar-refractivity contribution is 5.86. The van der Waals surface area contributed by atoms with Crippen molar-refractivity contribution in [3.8, 4) is 5.75 Å². The fourth-order valence-electron chi connectivity index (χ4n) is 1.97. The molecule has 0 fully saturated rings. The smallest absolute Gasteiger partial charge is 0.372 e. The Balaban J connectivity index is 1.94. The molecule has 0 bridgehead atoms. The van der Waals surface area contributed by atoms with Crippen molar-refractivity contribution in [3.63, 3.8) is 0 Å². The molecule has 0 saturated heterocycles. The number of carboxylic acids is 1. The first-order chi connectivity index (χ1) is 8.65. The van der Waals surface area contributed by atoms with Gasteiger partial charge >= 0.3 is 5.97 Å². The van der Waals surface area contributed by atoms with Crippen LogP contribution in [0.25, 0.3) is 0 Å². The monoisotopic (exact) mass is 249 g/mol. The lowest BCUT2D eigenvalue weighted by molar-refractivity contribution is 0.0663. The molecule has 2 aromatic heterocycles. The van der Waals surface area contributed by atoms with Crippen molar-refractivity contribution in [2.45, 2.75) is 6.10 Å². The first-order valence-corrected chi connectivity index (χ1v) is 5.43. The molecular weight excluding hydrogens is 238 g/mol. The van der Waals surface area contributed by atoms with E-state index in [0.29, 0.717) is 23.9 Å². The van der Waals surface area contributed by atoms with E-state index in [2.05, 4.69) is 0 Å². The van der Waals surface area contributed by atoms with Crippen LogP contribution < -0.4 is 9.64 Å². The van der Waals surface area contributed by atoms with Gasteiger partial charge in [0.2, 0.25) is 11.6 Å². The number of anilines is 1. The molecule has 6 nitrogen and oxygen atoms in total. The second-order valence-electron chi connectivity index (χ2n) is 4.09. The predicted molar refractivity (Wildman–Crippen MR) is 61.0 cm³/mol. The summed E-state index contributed by atoms with van der Waals surface area (Å²) in [6.45, 7) is 0.535. The van der Waals surface area contributed by atoms with E-state index >= 15 is 0 Å². The third-order valence-corrected chi connectivity index (χ3v) is 2.81. The lowest BCUT2D eigenvalue weighted by Gasteiger charge is -2.28. The molecule has 1 atom stereocenters. The molecular formula is C12H11NO5. The maximum atomic E-state index is 10.8. The number of nitrogens with zero attached hydrogens (tertiary/aromatic N) is 1. The summed E-state index contributed by atoms with van der Waals surface area (Å²) in [5, 5.41) is 8.88. The van der Waals surface area contributed by atoms with E-state index in [1.165, 1.54) is 6.07 Å². The van der Waals surface area contributed by atoms with Crippen molar-refractivity contribution >= 4 is 11.9 Å². The molecule has 0 aliphatic carbocycles. The Kier molecular flexibility index (Phi) is 2.29. The van der Waals surface area contributed by atoms with Gasteiger partial charge in [0.25, 0.3) is 0 Å². The van der Waals surface area contributed by atoms with Crippen LogP contribution in [0.4, 0.5) is 5.88 Å². The summed E-state index contributed by atoms with van der Waals surface area (Å²) in [5.74, 6) is 0.297. The van der Waals surface area contributed by atoms with Crippen LogP contribution in [0.1, 0.15) is 22.4 Å². The molecule has 1 aliphatic rings. The number of ether oxygens (including phenoxy) is 1. The number of furan rings is 2. The Labute approximate surface area is 102 Å². The fraction of sp³-hybridized carbons (Fsp3) is 0.250. The van der Waals surface area contributed by atoms with E-state index in [4.69, 9.17) is 18.7 Å². The summed E-state index contributed by atoms with van der Waals surface area (Å²) in [4.78, 5) is 12.7. The molecule has 18 heavy (non-hydrogen) atoms. The molecule has 0 radical (unpaired) electrons. The van der Waals surface area contributed by atoms with Gasteiger partial charge in [0, 0.05) is 13.1 Å². The molecule has 94 valence electrons. The molecule has 0 aromatic carbocycles. The number of carboxylic acid groups (broad SMARTS) is 1.